The van der Waals surface area contributed by atoms with Crippen LogP contribution in [0.1, 0.15) is 18.4 Å². The second-order valence-electron chi connectivity index (χ2n) is 4.37. The van der Waals surface area contributed by atoms with Crippen LogP contribution in [0.15, 0.2) is 12.4 Å². The van der Waals surface area contributed by atoms with Crippen molar-refractivity contribution in [2.45, 2.75) is 25.4 Å². The van der Waals surface area contributed by atoms with Crippen LogP contribution in [0.4, 0.5) is 0 Å². The third-order valence-corrected chi connectivity index (χ3v) is 2.91. The Morgan fingerprint density at radius 3 is 3.12 bits per heavy atom. The van der Waals surface area contributed by atoms with Crippen molar-refractivity contribution in [3.63, 3.8) is 0 Å². The number of amides is 1. The minimum atomic E-state index is 0.0154. The number of nitrogens with one attached hydrogen (secondary N) is 1. The lowest BCUT2D eigenvalue weighted by Crippen LogP contribution is -2.41. The fourth-order valence-electron chi connectivity index (χ4n) is 2.07. The maximum Gasteiger partial charge on any atom is 0.239 e. The first kappa shape index (κ1) is 11.1. The smallest absolute Gasteiger partial charge is 0.239 e. The Hall–Kier alpha value is -1.36. The Balaban J connectivity index is 1.91. The molecule has 1 aromatic heterocycles. The Labute approximate surface area is 95.4 Å². The van der Waals surface area contributed by atoms with Crippen molar-refractivity contribution in [3.05, 3.63) is 18.0 Å². The zero-order valence-electron chi connectivity index (χ0n) is 9.81. The average Bonchev–Trinajstić information content (AvgIpc) is 2.88. The molecule has 16 heavy (non-hydrogen) atoms. The highest BCUT2D eigenvalue weighted by Gasteiger charge is 2.24. The van der Waals surface area contributed by atoms with Gasteiger partial charge in [-0.15, -0.1) is 0 Å². The molecule has 0 aliphatic carbocycles. The van der Waals surface area contributed by atoms with E-state index >= 15 is 0 Å². The van der Waals surface area contributed by atoms with Gasteiger partial charge in [0.25, 0.3) is 0 Å². The molecule has 0 radical (unpaired) electrons. The van der Waals surface area contributed by atoms with Gasteiger partial charge < -0.3 is 10.2 Å². The summed E-state index contributed by atoms with van der Waals surface area (Å²) in [6, 6.07) is 0.0154. The van der Waals surface area contributed by atoms with Crippen LogP contribution in [0, 0.1) is 0 Å². The number of hydrogen-bond donors (Lipinski definition) is 1. The number of likely N-dealkylation sites (N-methyl/N-ethyl adjacent to an activating group) is 1. The van der Waals surface area contributed by atoms with Crippen LogP contribution in [0.5, 0.6) is 0 Å². The zero-order chi connectivity index (χ0) is 11.5. The van der Waals surface area contributed by atoms with Crippen molar-refractivity contribution in [1.29, 1.82) is 0 Å². The number of hydrogen-bond acceptors (Lipinski definition) is 3. The van der Waals surface area contributed by atoms with Crippen molar-refractivity contribution in [3.8, 4) is 0 Å². The molecule has 1 aromatic rings. The minimum Gasteiger partial charge on any atom is -0.340 e. The van der Waals surface area contributed by atoms with E-state index in [0.717, 1.165) is 24.9 Å². The third-order valence-electron chi connectivity index (χ3n) is 2.91. The molecule has 0 saturated carbocycles. The molecule has 1 aliphatic rings. The second-order valence-corrected chi connectivity index (χ2v) is 4.37. The summed E-state index contributed by atoms with van der Waals surface area (Å²) in [6.45, 7) is 1.59. The lowest BCUT2D eigenvalue weighted by molar-refractivity contribution is -0.132. The number of aromatic nitrogens is 2. The summed E-state index contributed by atoms with van der Waals surface area (Å²) in [5, 5.41) is 7.31. The third kappa shape index (κ3) is 2.41. The SMILES string of the molecule is CN(Cc1cnn(C)c1)C(=O)[C@H]1CCCN1. The highest BCUT2D eigenvalue weighted by atomic mass is 16.2. The molecule has 2 rings (SSSR count). The zero-order valence-corrected chi connectivity index (χ0v) is 9.81. The molecule has 1 fully saturated rings. The summed E-state index contributed by atoms with van der Waals surface area (Å²) < 4.78 is 1.75. The van der Waals surface area contributed by atoms with E-state index in [1.807, 2.05) is 20.3 Å². The Kier molecular flexibility index (Phi) is 3.24. The molecule has 88 valence electrons. The molecule has 0 spiro atoms. The van der Waals surface area contributed by atoms with Gasteiger partial charge in [0, 0.05) is 32.4 Å². The molecule has 1 saturated heterocycles. The van der Waals surface area contributed by atoms with Gasteiger partial charge in [0.1, 0.15) is 0 Å². The summed E-state index contributed by atoms with van der Waals surface area (Å²) >= 11 is 0. The lowest BCUT2D eigenvalue weighted by Gasteiger charge is -2.20. The van der Waals surface area contributed by atoms with Gasteiger partial charge in [-0.05, 0) is 19.4 Å². The molecule has 1 amide bonds. The largest absolute Gasteiger partial charge is 0.340 e. The predicted octanol–water partition coefficient (Wildman–Crippen LogP) is 0.130. The van der Waals surface area contributed by atoms with Gasteiger partial charge in [-0.1, -0.05) is 0 Å². The topological polar surface area (TPSA) is 50.2 Å². The number of carbonyl (C=O) groups is 1. The standard InChI is InChI=1S/C11H18N4O/c1-14(7-9-6-13-15(2)8-9)11(16)10-4-3-5-12-10/h6,8,10,12H,3-5,7H2,1-2H3/t10-/m1/s1. The van der Waals surface area contributed by atoms with E-state index in [1.165, 1.54) is 0 Å². The van der Waals surface area contributed by atoms with Crippen molar-refractivity contribution in [1.82, 2.24) is 20.0 Å². The van der Waals surface area contributed by atoms with Crippen LogP contribution in [-0.2, 0) is 18.4 Å². The molecular weight excluding hydrogens is 204 g/mol. The summed E-state index contributed by atoms with van der Waals surface area (Å²) in [5.41, 5.74) is 1.07. The van der Waals surface area contributed by atoms with Gasteiger partial charge in [-0.3, -0.25) is 9.48 Å². The fraction of sp³-hybridized carbons (Fsp3) is 0.636. The van der Waals surface area contributed by atoms with E-state index in [-0.39, 0.29) is 11.9 Å². The Bertz CT molecular complexity index is 368. The van der Waals surface area contributed by atoms with Crippen molar-refractivity contribution >= 4 is 5.91 Å². The molecule has 5 heteroatoms. The Morgan fingerprint density at radius 2 is 2.56 bits per heavy atom. The van der Waals surface area contributed by atoms with Crippen LogP contribution in [0.2, 0.25) is 0 Å². The van der Waals surface area contributed by atoms with Crippen LogP contribution in [0.3, 0.4) is 0 Å². The van der Waals surface area contributed by atoms with Crippen molar-refractivity contribution < 1.29 is 4.79 Å². The molecule has 1 aliphatic heterocycles. The van der Waals surface area contributed by atoms with Gasteiger partial charge in [0.15, 0.2) is 0 Å². The molecule has 0 unspecified atom stereocenters. The van der Waals surface area contributed by atoms with Crippen LogP contribution in [0.25, 0.3) is 0 Å². The first-order valence-corrected chi connectivity index (χ1v) is 5.62. The van der Waals surface area contributed by atoms with Crippen LogP contribution in [-0.4, -0.2) is 40.2 Å². The summed E-state index contributed by atoms with van der Waals surface area (Å²) in [4.78, 5) is 13.8. The monoisotopic (exact) mass is 222 g/mol. The van der Waals surface area contributed by atoms with E-state index in [9.17, 15) is 4.79 Å². The maximum atomic E-state index is 12.0. The Morgan fingerprint density at radius 1 is 1.75 bits per heavy atom. The number of aryl methyl sites for hydroxylation is 1. The van der Waals surface area contributed by atoms with Crippen molar-refractivity contribution in [2.75, 3.05) is 13.6 Å². The van der Waals surface area contributed by atoms with E-state index < -0.39 is 0 Å². The van der Waals surface area contributed by atoms with E-state index in [2.05, 4.69) is 10.4 Å². The summed E-state index contributed by atoms with van der Waals surface area (Å²) in [7, 11) is 3.72. The average molecular weight is 222 g/mol. The predicted molar refractivity (Wildman–Crippen MR) is 60.7 cm³/mol. The highest BCUT2D eigenvalue weighted by molar-refractivity contribution is 5.81. The first-order chi connectivity index (χ1) is 7.66. The maximum absolute atomic E-state index is 12.0. The molecule has 1 atom stereocenters. The van der Waals surface area contributed by atoms with Crippen LogP contribution < -0.4 is 5.32 Å². The van der Waals surface area contributed by atoms with Gasteiger partial charge in [0.05, 0.1) is 12.2 Å². The van der Waals surface area contributed by atoms with Gasteiger partial charge in [-0.25, -0.2) is 0 Å². The van der Waals surface area contributed by atoms with Crippen molar-refractivity contribution in [2.24, 2.45) is 7.05 Å². The number of rotatable bonds is 3. The van der Waals surface area contributed by atoms with E-state index in [0.29, 0.717) is 6.54 Å². The molecule has 5 nitrogen and oxygen atoms in total. The fourth-order valence-corrected chi connectivity index (χ4v) is 2.07. The summed E-state index contributed by atoms with van der Waals surface area (Å²) in [5.74, 6) is 0.182. The quantitative estimate of drug-likeness (QED) is 0.791. The first-order valence-electron chi connectivity index (χ1n) is 5.62. The molecule has 0 bridgehead atoms. The van der Waals surface area contributed by atoms with Crippen LogP contribution >= 0.6 is 0 Å². The molecular formula is C11H18N4O. The number of nitrogens with zero attached hydrogens (tertiary/aromatic N) is 3. The van der Waals surface area contributed by atoms with E-state index in [4.69, 9.17) is 0 Å². The second kappa shape index (κ2) is 4.65. The van der Waals surface area contributed by atoms with Gasteiger partial charge in [0.2, 0.25) is 5.91 Å². The molecule has 2 heterocycles. The molecule has 0 aromatic carbocycles. The molecule has 1 N–H and O–H groups in total. The normalized spacial score (nSPS) is 20.0. The van der Waals surface area contributed by atoms with Gasteiger partial charge in [-0.2, -0.15) is 5.10 Å². The highest BCUT2D eigenvalue weighted by Crippen LogP contribution is 2.09. The summed E-state index contributed by atoms with van der Waals surface area (Å²) in [6.07, 6.45) is 5.78. The lowest BCUT2D eigenvalue weighted by atomic mass is 10.2. The van der Waals surface area contributed by atoms with E-state index in [1.54, 1.807) is 15.8 Å². The minimum absolute atomic E-state index is 0.0154. The van der Waals surface area contributed by atoms with Gasteiger partial charge >= 0.3 is 0 Å². The number of carbonyl (C=O) groups excluding carboxylic acids is 1.